The second kappa shape index (κ2) is 8.50. The number of hydrogen-bond acceptors (Lipinski definition) is 5. The normalized spacial score (nSPS) is 24.6. The predicted octanol–water partition coefficient (Wildman–Crippen LogP) is 4.73. The molecule has 180 valence electrons. The van der Waals surface area contributed by atoms with E-state index in [2.05, 4.69) is 18.8 Å². The molecule has 0 saturated carbocycles. The SMILES string of the molecule is Cc1nc2c(-c3ccc(F)cc3F)nc([C@@H]3C[C@H](C4CCOC4)OC(C)(C)C3)cn2c(=O)c1C. The van der Waals surface area contributed by atoms with Gasteiger partial charge in [0.15, 0.2) is 5.65 Å². The molecule has 8 heteroatoms. The highest BCUT2D eigenvalue weighted by Crippen LogP contribution is 2.42. The number of rotatable bonds is 3. The molecule has 5 rings (SSSR count). The third-order valence-electron chi connectivity index (χ3n) is 7.12. The van der Waals surface area contributed by atoms with E-state index in [-0.39, 0.29) is 40.1 Å². The van der Waals surface area contributed by atoms with Crippen molar-refractivity contribution in [1.29, 1.82) is 0 Å². The van der Waals surface area contributed by atoms with Crippen LogP contribution in [0.25, 0.3) is 16.9 Å². The molecule has 3 aromatic rings. The average molecular weight is 470 g/mol. The van der Waals surface area contributed by atoms with E-state index in [1.54, 1.807) is 20.0 Å². The molecule has 1 aromatic carbocycles. The van der Waals surface area contributed by atoms with E-state index in [4.69, 9.17) is 14.5 Å². The van der Waals surface area contributed by atoms with Gasteiger partial charge in [-0.25, -0.2) is 18.7 Å². The first kappa shape index (κ1) is 23.1. The van der Waals surface area contributed by atoms with Crippen LogP contribution in [0.3, 0.4) is 0 Å². The van der Waals surface area contributed by atoms with Crippen LogP contribution in [-0.2, 0) is 9.47 Å². The van der Waals surface area contributed by atoms with Crippen LogP contribution < -0.4 is 5.56 Å². The summed E-state index contributed by atoms with van der Waals surface area (Å²) >= 11 is 0. The smallest absolute Gasteiger partial charge is 0.261 e. The zero-order chi connectivity index (χ0) is 24.2. The van der Waals surface area contributed by atoms with E-state index >= 15 is 0 Å². The fourth-order valence-electron chi connectivity index (χ4n) is 5.24. The van der Waals surface area contributed by atoms with Gasteiger partial charge in [0.1, 0.15) is 17.3 Å². The first-order valence-corrected chi connectivity index (χ1v) is 11.7. The number of ether oxygens (including phenoxy) is 2. The standard InChI is InChI=1S/C26H29F2N3O3/c1-14-15(2)29-24-23(19-6-5-18(27)10-20(19)28)30-21(12-31(24)25(14)32)17-9-22(16-7-8-33-13-16)34-26(3,4)11-17/h5-6,10,12,16-17,22H,7-9,11,13H2,1-4H3/t16?,17-,22-/m1/s1. The Kier molecular flexibility index (Phi) is 5.76. The minimum absolute atomic E-state index is 0.00508. The highest BCUT2D eigenvalue weighted by atomic mass is 19.1. The molecule has 0 spiro atoms. The number of fused-ring (bicyclic) bond motifs is 1. The van der Waals surface area contributed by atoms with Gasteiger partial charge in [0.25, 0.3) is 5.56 Å². The number of hydrogen-bond donors (Lipinski definition) is 0. The molecule has 2 aliphatic rings. The van der Waals surface area contributed by atoms with Gasteiger partial charge in [-0.15, -0.1) is 0 Å². The first-order valence-electron chi connectivity index (χ1n) is 11.7. The Morgan fingerprint density at radius 3 is 2.68 bits per heavy atom. The molecule has 0 radical (unpaired) electrons. The fraction of sp³-hybridized carbons (Fsp3) is 0.500. The Labute approximate surface area is 197 Å². The van der Waals surface area contributed by atoms with Gasteiger partial charge in [0, 0.05) is 47.5 Å². The average Bonchev–Trinajstić information content (AvgIpc) is 3.31. The summed E-state index contributed by atoms with van der Waals surface area (Å²) in [6.07, 6.45) is 4.12. The van der Waals surface area contributed by atoms with Gasteiger partial charge in [0.05, 0.1) is 24.0 Å². The van der Waals surface area contributed by atoms with Gasteiger partial charge in [0.2, 0.25) is 0 Å². The summed E-state index contributed by atoms with van der Waals surface area (Å²) in [6, 6.07) is 3.37. The quantitative estimate of drug-likeness (QED) is 0.555. The number of benzene rings is 1. The minimum atomic E-state index is -0.743. The summed E-state index contributed by atoms with van der Waals surface area (Å²) in [5, 5.41) is 0. The van der Waals surface area contributed by atoms with Gasteiger partial charge in [-0.1, -0.05) is 0 Å². The molecular formula is C26H29F2N3O3. The van der Waals surface area contributed by atoms with Crippen LogP contribution >= 0.6 is 0 Å². The Bertz CT molecular complexity index is 1310. The first-order chi connectivity index (χ1) is 16.1. The Morgan fingerprint density at radius 1 is 1.18 bits per heavy atom. The summed E-state index contributed by atoms with van der Waals surface area (Å²) in [4.78, 5) is 22.6. The van der Waals surface area contributed by atoms with Crippen LogP contribution in [-0.4, -0.2) is 39.3 Å². The molecule has 1 unspecified atom stereocenters. The van der Waals surface area contributed by atoms with Gasteiger partial charge < -0.3 is 9.47 Å². The predicted molar refractivity (Wildman–Crippen MR) is 124 cm³/mol. The van der Waals surface area contributed by atoms with Crippen molar-refractivity contribution in [1.82, 2.24) is 14.4 Å². The maximum Gasteiger partial charge on any atom is 0.261 e. The van der Waals surface area contributed by atoms with Gasteiger partial charge in [-0.3, -0.25) is 9.20 Å². The topological polar surface area (TPSA) is 65.7 Å². The van der Waals surface area contributed by atoms with Crippen LogP contribution in [0.15, 0.2) is 29.2 Å². The van der Waals surface area contributed by atoms with E-state index < -0.39 is 11.6 Å². The minimum Gasteiger partial charge on any atom is -0.381 e. The Balaban J connectivity index is 1.69. The van der Waals surface area contributed by atoms with Crippen LogP contribution in [0.2, 0.25) is 0 Å². The summed E-state index contributed by atoms with van der Waals surface area (Å²) < 4.78 is 42.0. The highest BCUT2D eigenvalue weighted by molar-refractivity contribution is 5.74. The fourth-order valence-corrected chi connectivity index (χ4v) is 5.24. The molecule has 34 heavy (non-hydrogen) atoms. The zero-order valence-corrected chi connectivity index (χ0v) is 19.9. The van der Waals surface area contributed by atoms with E-state index in [1.807, 2.05) is 0 Å². The number of halogens is 2. The number of aryl methyl sites for hydroxylation is 1. The summed E-state index contributed by atoms with van der Waals surface area (Å²) in [6.45, 7) is 8.99. The molecule has 6 nitrogen and oxygen atoms in total. The molecule has 0 aliphatic carbocycles. The van der Waals surface area contributed by atoms with Crippen molar-refractivity contribution >= 4 is 5.65 Å². The van der Waals surface area contributed by atoms with Crippen molar-refractivity contribution < 1.29 is 18.3 Å². The lowest BCUT2D eigenvalue weighted by molar-refractivity contribution is -0.135. The highest BCUT2D eigenvalue weighted by Gasteiger charge is 2.40. The lowest BCUT2D eigenvalue weighted by Gasteiger charge is -2.42. The zero-order valence-electron chi connectivity index (χ0n) is 19.9. The van der Waals surface area contributed by atoms with Crippen LogP contribution in [0, 0.1) is 31.4 Å². The third-order valence-corrected chi connectivity index (χ3v) is 7.12. The van der Waals surface area contributed by atoms with E-state index in [9.17, 15) is 13.6 Å². The Hall–Kier alpha value is -2.71. The lowest BCUT2D eigenvalue weighted by Crippen LogP contribution is -2.42. The monoisotopic (exact) mass is 469 g/mol. The number of nitrogens with zero attached hydrogens (tertiary/aromatic N) is 3. The molecule has 0 N–H and O–H groups in total. The van der Waals surface area contributed by atoms with Crippen molar-refractivity contribution in [2.75, 3.05) is 13.2 Å². The second-order valence-electron chi connectivity index (χ2n) is 10.1. The second-order valence-corrected chi connectivity index (χ2v) is 10.1. The summed E-state index contributed by atoms with van der Waals surface area (Å²) in [5.74, 6) is -1.11. The van der Waals surface area contributed by atoms with Crippen molar-refractivity contribution in [2.45, 2.75) is 64.6 Å². The number of aromatic nitrogens is 3. The largest absolute Gasteiger partial charge is 0.381 e. The van der Waals surface area contributed by atoms with Gasteiger partial charge in [-0.2, -0.15) is 0 Å². The molecule has 2 fully saturated rings. The maximum atomic E-state index is 14.9. The van der Waals surface area contributed by atoms with Gasteiger partial charge >= 0.3 is 0 Å². The molecule has 2 aliphatic heterocycles. The van der Waals surface area contributed by atoms with Crippen molar-refractivity contribution in [2.24, 2.45) is 5.92 Å². The molecule has 2 aromatic heterocycles. The van der Waals surface area contributed by atoms with Crippen molar-refractivity contribution in [3.63, 3.8) is 0 Å². The summed E-state index contributed by atoms with van der Waals surface area (Å²) in [7, 11) is 0. The lowest BCUT2D eigenvalue weighted by atomic mass is 9.80. The van der Waals surface area contributed by atoms with Crippen LogP contribution in [0.4, 0.5) is 8.78 Å². The van der Waals surface area contributed by atoms with Crippen molar-refractivity contribution in [3.05, 3.63) is 63.3 Å². The molecule has 0 amide bonds. The summed E-state index contributed by atoms with van der Waals surface area (Å²) in [5.41, 5.74) is 1.75. The molecular weight excluding hydrogens is 440 g/mol. The maximum absolute atomic E-state index is 14.9. The van der Waals surface area contributed by atoms with Gasteiger partial charge in [-0.05, 0) is 59.1 Å². The van der Waals surface area contributed by atoms with Crippen LogP contribution in [0.5, 0.6) is 0 Å². The molecule has 2 saturated heterocycles. The van der Waals surface area contributed by atoms with Crippen molar-refractivity contribution in [3.8, 4) is 11.3 Å². The van der Waals surface area contributed by atoms with E-state index in [0.29, 0.717) is 35.9 Å². The van der Waals surface area contributed by atoms with E-state index in [0.717, 1.165) is 25.5 Å². The molecule has 3 atom stereocenters. The van der Waals surface area contributed by atoms with Crippen LogP contribution in [0.1, 0.15) is 56.0 Å². The third kappa shape index (κ3) is 4.14. The molecule has 0 bridgehead atoms. The Morgan fingerprint density at radius 2 is 1.97 bits per heavy atom. The van der Waals surface area contributed by atoms with E-state index in [1.165, 1.54) is 16.5 Å². The molecule has 4 heterocycles.